The van der Waals surface area contributed by atoms with Crippen molar-refractivity contribution in [1.82, 2.24) is 10.3 Å². The fraction of sp³-hybridized carbons (Fsp3) is 0.545. The molecule has 1 rings (SSSR count). The molecule has 1 heterocycles. The average Bonchev–Trinajstić information content (AvgIpc) is 2.60. The number of nitrogens with zero attached hydrogens (tertiary/aromatic N) is 1. The Morgan fingerprint density at radius 2 is 2.21 bits per heavy atom. The van der Waals surface area contributed by atoms with Gasteiger partial charge in [-0.2, -0.15) is 0 Å². The van der Waals surface area contributed by atoms with E-state index in [1.807, 2.05) is 0 Å². The Morgan fingerprint density at radius 1 is 1.58 bits per heavy atom. The lowest BCUT2D eigenvalue weighted by atomic mass is 10.2. The predicted octanol–water partition coefficient (Wildman–Crippen LogP) is 2.43. The summed E-state index contributed by atoms with van der Waals surface area (Å²) in [7, 11) is 0. The summed E-state index contributed by atoms with van der Waals surface area (Å²) in [4.78, 5) is 26.7. The van der Waals surface area contributed by atoms with Gasteiger partial charge in [0.05, 0.1) is 5.01 Å². The molecule has 1 atom stereocenters. The molecule has 0 aromatic carbocycles. The third kappa shape index (κ3) is 6.02. The molecule has 0 unspecified atom stereocenters. The highest BCUT2D eigenvalue weighted by Gasteiger charge is 2.25. The first-order valence-corrected chi connectivity index (χ1v) is 7.17. The quantitative estimate of drug-likeness (QED) is 0.870. The third-order valence-electron chi connectivity index (χ3n) is 1.89. The molecule has 0 saturated carbocycles. The number of nitrogens with one attached hydrogen (secondary N) is 1. The molecular weight excluding hydrogens is 336 g/mol. The van der Waals surface area contributed by atoms with Gasteiger partial charge < -0.3 is 15.2 Å². The van der Waals surface area contributed by atoms with Gasteiger partial charge in [-0.15, -0.1) is 11.3 Å². The number of alkyl carbamates (subject to hydrolysis) is 1. The monoisotopic (exact) mass is 350 g/mol. The minimum absolute atomic E-state index is 0.116. The smallest absolute Gasteiger partial charge is 0.408 e. The molecule has 0 aliphatic heterocycles. The lowest BCUT2D eigenvalue weighted by molar-refractivity contribution is -0.139. The molecule has 0 bridgehead atoms. The Balaban J connectivity index is 2.63. The van der Waals surface area contributed by atoms with Gasteiger partial charge in [-0.25, -0.2) is 14.6 Å². The first kappa shape index (κ1) is 15.9. The number of halogens is 1. The first-order valence-electron chi connectivity index (χ1n) is 5.49. The van der Waals surface area contributed by atoms with Crippen LogP contribution in [0.25, 0.3) is 0 Å². The number of aliphatic carboxylic acids is 1. The summed E-state index contributed by atoms with van der Waals surface area (Å²) in [6.07, 6.45) is -0.638. The van der Waals surface area contributed by atoms with Crippen molar-refractivity contribution in [3.63, 3.8) is 0 Å². The molecule has 1 amide bonds. The molecule has 0 aliphatic carbocycles. The standard InChI is InChI=1S/C11H15BrN2O4S/c1-11(2,3)18-10(17)13-6(9(15)16)4-8-14-7(12)5-19-8/h5-6H,4H2,1-3H3,(H,13,17)(H,15,16)/t6-/m0/s1. The van der Waals surface area contributed by atoms with Gasteiger partial charge in [-0.05, 0) is 36.7 Å². The molecule has 0 aliphatic rings. The zero-order valence-corrected chi connectivity index (χ0v) is 13.2. The Hall–Kier alpha value is -1.15. The van der Waals surface area contributed by atoms with Crippen LogP contribution in [0.15, 0.2) is 9.98 Å². The van der Waals surface area contributed by atoms with E-state index in [2.05, 4.69) is 26.2 Å². The van der Waals surface area contributed by atoms with Crippen LogP contribution in [0.4, 0.5) is 4.79 Å². The molecule has 1 aromatic rings. The number of amides is 1. The van der Waals surface area contributed by atoms with Gasteiger partial charge in [-0.1, -0.05) is 0 Å². The second kappa shape index (κ2) is 6.33. The summed E-state index contributed by atoms with van der Waals surface area (Å²) in [5, 5.41) is 13.8. The summed E-state index contributed by atoms with van der Waals surface area (Å²) in [5.74, 6) is -1.13. The number of hydrogen-bond acceptors (Lipinski definition) is 5. The van der Waals surface area contributed by atoms with Gasteiger partial charge in [0.2, 0.25) is 0 Å². The van der Waals surface area contributed by atoms with Crippen molar-refractivity contribution in [3.05, 3.63) is 15.0 Å². The van der Waals surface area contributed by atoms with Crippen molar-refractivity contribution in [2.45, 2.75) is 38.8 Å². The molecule has 2 N–H and O–H groups in total. The molecular formula is C11H15BrN2O4S. The SMILES string of the molecule is CC(C)(C)OC(=O)N[C@@H](Cc1nc(Br)cs1)C(=O)O. The molecule has 0 fully saturated rings. The van der Waals surface area contributed by atoms with Gasteiger partial charge in [0, 0.05) is 11.8 Å². The van der Waals surface area contributed by atoms with Crippen molar-refractivity contribution < 1.29 is 19.4 Å². The second-order valence-electron chi connectivity index (χ2n) is 4.81. The number of rotatable bonds is 4. The Bertz CT molecular complexity index is 470. The van der Waals surface area contributed by atoms with Crippen LogP contribution < -0.4 is 5.32 Å². The predicted molar refractivity (Wildman–Crippen MR) is 74.3 cm³/mol. The summed E-state index contributed by atoms with van der Waals surface area (Å²) in [5.41, 5.74) is -0.669. The average molecular weight is 351 g/mol. The number of ether oxygens (including phenoxy) is 1. The Kier molecular flexibility index (Phi) is 5.30. The van der Waals surface area contributed by atoms with Crippen molar-refractivity contribution in [1.29, 1.82) is 0 Å². The summed E-state index contributed by atoms with van der Waals surface area (Å²) < 4.78 is 5.67. The van der Waals surface area contributed by atoms with E-state index in [4.69, 9.17) is 9.84 Å². The highest BCUT2D eigenvalue weighted by Crippen LogP contribution is 2.16. The lowest BCUT2D eigenvalue weighted by Gasteiger charge is -2.21. The number of aromatic nitrogens is 1. The fourth-order valence-corrected chi connectivity index (χ4v) is 2.52. The van der Waals surface area contributed by atoms with E-state index >= 15 is 0 Å². The van der Waals surface area contributed by atoms with E-state index in [-0.39, 0.29) is 6.42 Å². The highest BCUT2D eigenvalue weighted by atomic mass is 79.9. The summed E-state index contributed by atoms with van der Waals surface area (Å²) >= 11 is 4.51. The van der Waals surface area contributed by atoms with Crippen molar-refractivity contribution in [3.8, 4) is 0 Å². The van der Waals surface area contributed by atoms with Gasteiger partial charge >= 0.3 is 12.1 Å². The van der Waals surface area contributed by atoms with E-state index in [9.17, 15) is 9.59 Å². The number of thiazole rings is 1. The number of carbonyl (C=O) groups excluding carboxylic acids is 1. The van der Waals surface area contributed by atoms with Crippen LogP contribution in [0, 0.1) is 0 Å². The third-order valence-corrected chi connectivity index (χ3v) is 3.47. The number of hydrogen-bond donors (Lipinski definition) is 2. The Morgan fingerprint density at radius 3 is 2.63 bits per heavy atom. The zero-order chi connectivity index (χ0) is 14.6. The lowest BCUT2D eigenvalue weighted by Crippen LogP contribution is -2.44. The molecule has 1 aromatic heterocycles. The van der Waals surface area contributed by atoms with Gasteiger partial charge in [0.15, 0.2) is 0 Å². The van der Waals surface area contributed by atoms with Gasteiger partial charge in [0.1, 0.15) is 16.2 Å². The van der Waals surface area contributed by atoms with Crippen LogP contribution in [-0.2, 0) is 16.0 Å². The van der Waals surface area contributed by atoms with Crippen LogP contribution in [-0.4, -0.2) is 33.8 Å². The van der Waals surface area contributed by atoms with Crippen molar-refractivity contribution in [2.75, 3.05) is 0 Å². The van der Waals surface area contributed by atoms with Gasteiger partial charge in [0.25, 0.3) is 0 Å². The zero-order valence-electron chi connectivity index (χ0n) is 10.8. The maximum atomic E-state index is 11.5. The van der Waals surface area contributed by atoms with Crippen LogP contribution in [0.1, 0.15) is 25.8 Å². The minimum Gasteiger partial charge on any atom is -0.480 e. The Labute approximate surface area is 123 Å². The van der Waals surface area contributed by atoms with Gasteiger partial charge in [-0.3, -0.25) is 0 Å². The van der Waals surface area contributed by atoms with Crippen LogP contribution in [0.3, 0.4) is 0 Å². The first-order chi connectivity index (χ1) is 8.67. The van der Waals surface area contributed by atoms with Crippen LogP contribution in [0.5, 0.6) is 0 Å². The minimum atomic E-state index is -1.13. The molecule has 0 spiro atoms. The highest BCUT2D eigenvalue weighted by molar-refractivity contribution is 9.10. The second-order valence-corrected chi connectivity index (χ2v) is 6.56. The van der Waals surface area contributed by atoms with E-state index < -0.39 is 23.7 Å². The van der Waals surface area contributed by atoms with E-state index in [1.54, 1.807) is 26.2 Å². The van der Waals surface area contributed by atoms with Crippen LogP contribution >= 0.6 is 27.3 Å². The molecule has 6 nitrogen and oxygen atoms in total. The van der Waals surface area contributed by atoms with E-state index in [1.165, 1.54) is 11.3 Å². The molecule has 0 radical (unpaired) electrons. The molecule has 19 heavy (non-hydrogen) atoms. The molecule has 0 saturated heterocycles. The van der Waals surface area contributed by atoms with E-state index in [0.717, 1.165) is 0 Å². The normalized spacial score (nSPS) is 12.8. The van der Waals surface area contributed by atoms with Crippen LogP contribution in [0.2, 0.25) is 0 Å². The molecule has 106 valence electrons. The fourth-order valence-electron chi connectivity index (χ4n) is 1.21. The topological polar surface area (TPSA) is 88.5 Å². The van der Waals surface area contributed by atoms with Crippen molar-refractivity contribution >= 4 is 39.3 Å². The number of carbonyl (C=O) groups is 2. The summed E-state index contributed by atoms with van der Waals surface area (Å²) in [6, 6.07) is -1.06. The number of carboxylic acid groups (broad SMARTS) is 1. The van der Waals surface area contributed by atoms with Crippen molar-refractivity contribution in [2.24, 2.45) is 0 Å². The number of carboxylic acids is 1. The largest absolute Gasteiger partial charge is 0.480 e. The summed E-state index contributed by atoms with van der Waals surface area (Å²) in [6.45, 7) is 5.13. The maximum absolute atomic E-state index is 11.5. The maximum Gasteiger partial charge on any atom is 0.408 e. The van der Waals surface area contributed by atoms with E-state index in [0.29, 0.717) is 9.61 Å². The molecule has 8 heteroatoms.